The molecule has 0 fully saturated rings. The number of para-hydroxylation sites is 1. The van der Waals surface area contributed by atoms with Gasteiger partial charge in [0.25, 0.3) is 0 Å². The molecule has 1 heterocycles. The molecule has 0 radical (unpaired) electrons. The second-order valence-corrected chi connectivity index (χ2v) is 14.4. The predicted octanol–water partition coefficient (Wildman–Crippen LogP) is 15.5. The maximum Gasteiger partial charge on any atom is 0.143 e. The van der Waals surface area contributed by atoms with Gasteiger partial charge in [-0.15, -0.1) is 0 Å². The van der Waals surface area contributed by atoms with Gasteiger partial charge >= 0.3 is 0 Å². The topological polar surface area (TPSA) is 16.4 Å². The van der Waals surface area contributed by atoms with E-state index in [0.29, 0.717) is 0 Å². The van der Waals surface area contributed by atoms with Gasteiger partial charge in [-0.25, -0.2) is 0 Å². The fourth-order valence-electron chi connectivity index (χ4n) is 8.63. The van der Waals surface area contributed by atoms with E-state index in [-0.39, 0.29) is 0 Å². The van der Waals surface area contributed by atoms with Gasteiger partial charge in [0.15, 0.2) is 0 Å². The molecule has 2 nitrogen and oxygen atoms in total. The van der Waals surface area contributed by atoms with E-state index in [9.17, 15) is 0 Å². The van der Waals surface area contributed by atoms with Crippen LogP contribution in [0.5, 0.6) is 0 Å². The molecular weight excluding hydrogens is 679 g/mol. The Morgan fingerprint density at radius 1 is 0.321 bits per heavy atom. The molecule has 0 aliphatic carbocycles. The lowest BCUT2D eigenvalue weighted by atomic mass is 9.94. The number of hydrogen-bond acceptors (Lipinski definition) is 2. The zero-order chi connectivity index (χ0) is 37.0. The molecule has 0 saturated carbocycles. The Bertz CT molecular complexity index is 3250. The summed E-state index contributed by atoms with van der Waals surface area (Å²) in [6, 6.07) is 76.5. The van der Waals surface area contributed by atoms with Crippen LogP contribution in [0.15, 0.2) is 217 Å². The molecule has 11 rings (SSSR count). The van der Waals surface area contributed by atoms with Crippen molar-refractivity contribution in [1.29, 1.82) is 0 Å². The number of nitrogens with zero attached hydrogens (tertiary/aromatic N) is 1. The minimum atomic E-state index is 0.885. The summed E-state index contributed by atoms with van der Waals surface area (Å²) in [5.74, 6) is 0. The standard InChI is InChI=1S/C54H35NO/c1-4-20-43-37(13-1)16-10-24-44(43)41-19-9-18-40(35-41)36-29-32-42(33-30-36)55(50-27-11-17-38-14-2-5-21-45(38)50)51-26-8-7-23-47(51)48-25-12-28-52-53(48)49-34-31-39-15-3-6-22-46(39)54(49)56-52/h1-35H. The Balaban J connectivity index is 1.08. The molecule has 0 spiro atoms. The van der Waals surface area contributed by atoms with Crippen LogP contribution in [0.1, 0.15) is 0 Å². The molecule has 0 unspecified atom stereocenters. The van der Waals surface area contributed by atoms with Gasteiger partial charge in [0, 0.05) is 32.8 Å². The molecule has 0 bridgehead atoms. The van der Waals surface area contributed by atoms with E-state index in [1.165, 1.54) is 49.2 Å². The highest BCUT2D eigenvalue weighted by atomic mass is 16.3. The second-order valence-electron chi connectivity index (χ2n) is 14.4. The first-order chi connectivity index (χ1) is 27.8. The van der Waals surface area contributed by atoms with E-state index in [4.69, 9.17) is 4.42 Å². The summed E-state index contributed by atoms with van der Waals surface area (Å²) in [6.07, 6.45) is 0. The molecule has 0 aliphatic rings. The lowest BCUT2D eigenvalue weighted by Gasteiger charge is -2.29. The van der Waals surface area contributed by atoms with Gasteiger partial charge in [-0.05, 0) is 91.8 Å². The molecule has 262 valence electrons. The van der Waals surface area contributed by atoms with Crippen LogP contribution in [-0.4, -0.2) is 0 Å². The molecular formula is C54H35NO. The minimum absolute atomic E-state index is 0.885. The zero-order valence-corrected chi connectivity index (χ0v) is 30.6. The fraction of sp³-hybridized carbons (Fsp3) is 0. The summed E-state index contributed by atoms with van der Waals surface area (Å²) in [7, 11) is 0. The highest BCUT2D eigenvalue weighted by Crippen LogP contribution is 2.47. The van der Waals surface area contributed by atoms with Crippen LogP contribution in [0.3, 0.4) is 0 Å². The highest BCUT2D eigenvalue weighted by molar-refractivity contribution is 6.20. The number of fused-ring (bicyclic) bond motifs is 7. The quantitative estimate of drug-likeness (QED) is 0.171. The van der Waals surface area contributed by atoms with E-state index in [1.54, 1.807) is 0 Å². The third kappa shape index (κ3) is 5.26. The largest absolute Gasteiger partial charge is 0.455 e. The van der Waals surface area contributed by atoms with Crippen molar-refractivity contribution in [3.05, 3.63) is 212 Å². The van der Waals surface area contributed by atoms with Crippen LogP contribution in [-0.2, 0) is 0 Å². The molecule has 0 atom stereocenters. The molecule has 10 aromatic carbocycles. The summed E-state index contributed by atoms with van der Waals surface area (Å²) in [4.78, 5) is 2.42. The fourth-order valence-corrected chi connectivity index (χ4v) is 8.63. The van der Waals surface area contributed by atoms with Crippen molar-refractivity contribution >= 4 is 71.3 Å². The summed E-state index contributed by atoms with van der Waals surface area (Å²) in [5.41, 5.74) is 12.2. The minimum Gasteiger partial charge on any atom is -0.455 e. The first-order valence-electron chi connectivity index (χ1n) is 19.2. The molecule has 0 aliphatic heterocycles. The van der Waals surface area contributed by atoms with Crippen molar-refractivity contribution in [3.63, 3.8) is 0 Å². The summed E-state index contributed by atoms with van der Waals surface area (Å²) < 4.78 is 6.65. The van der Waals surface area contributed by atoms with Gasteiger partial charge in [-0.3, -0.25) is 0 Å². The first-order valence-corrected chi connectivity index (χ1v) is 19.2. The van der Waals surface area contributed by atoms with E-state index >= 15 is 0 Å². The van der Waals surface area contributed by atoms with Crippen molar-refractivity contribution < 1.29 is 4.42 Å². The number of furan rings is 1. The van der Waals surface area contributed by atoms with Gasteiger partial charge < -0.3 is 9.32 Å². The van der Waals surface area contributed by atoms with Crippen LogP contribution >= 0.6 is 0 Å². The van der Waals surface area contributed by atoms with Crippen LogP contribution < -0.4 is 4.90 Å². The van der Waals surface area contributed by atoms with Crippen LogP contribution in [0, 0.1) is 0 Å². The smallest absolute Gasteiger partial charge is 0.143 e. The van der Waals surface area contributed by atoms with Gasteiger partial charge in [0.05, 0.1) is 11.4 Å². The van der Waals surface area contributed by atoms with E-state index < -0.39 is 0 Å². The van der Waals surface area contributed by atoms with Crippen LogP contribution in [0.2, 0.25) is 0 Å². The molecule has 0 N–H and O–H groups in total. The van der Waals surface area contributed by atoms with E-state index in [0.717, 1.165) is 55.5 Å². The maximum absolute atomic E-state index is 6.65. The second kappa shape index (κ2) is 13.2. The van der Waals surface area contributed by atoms with Crippen LogP contribution in [0.25, 0.3) is 87.6 Å². The molecule has 56 heavy (non-hydrogen) atoms. The van der Waals surface area contributed by atoms with Crippen molar-refractivity contribution in [2.24, 2.45) is 0 Å². The normalized spacial score (nSPS) is 11.6. The van der Waals surface area contributed by atoms with Crippen LogP contribution in [0.4, 0.5) is 17.1 Å². The SMILES string of the molecule is c1cc(-c2ccc(N(c3ccccc3-c3cccc4oc5c6ccccc6ccc5c34)c3cccc4ccccc34)cc2)cc(-c2cccc3ccccc23)c1. The Morgan fingerprint density at radius 3 is 1.73 bits per heavy atom. The molecule has 2 heteroatoms. The van der Waals surface area contributed by atoms with Gasteiger partial charge in [0.1, 0.15) is 11.2 Å². The monoisotopic (exact) mass is 713 g/mol. The Kier molecular flexibility index (Phi) is 7.53. The molecule has 0 saturated heterocycles. The van der Waals surface area contributed by atoms with E-state index in [1.807, 2.05) is 0 Å². The zero-order valence-electron chi connectivity index (χ0n) is 30.6. The lowest BCUT2D eigenvalue weighted by Crippen LogP contribution is -2.11. The lowest BCUT2D eigenvalue weighted by molar-refractivity contribution is 0.673. The third-order valence-corrected chi connectivity index (χ3v) is 11.3. The van der Waals surface area contributed by atoms with Crippen molar-refractivity contribution in [3.8, 4) is 33.4 Å². The first kappa shape index (κ1) is 32.0. The van der Waals surface area contributed by atoms with Crippen molar-refractivity contribution in [1.82, 2.24) is 0 Å². The Morgan fingerprint density at radius 2 is 0.893 bits per heavy atom. The summed E-state index contributed by atoms with van der Waals surface area (Å²) in [5, 5.41) is 9.45. The third-order valence-electron chi connectivity index (χ3n) is 11.3. The number of benzene rings is 10. The summed E-state index contributed by atoms with van der Waals surface area (Å²) >= 11 is 0. The predicted molar refractivity (Wildman–Crippen MR) is 237 cm³/mol. The maximum atomic E-state index is 6.65. The molecule has 11 aromatic rings. The van der Waals surface area contributed by atoms with Crippen molar-refractivity contribution in [2.75, 3.05) is 4.90 Å². The number of anilines is 3. The molecule has 1 aromatic heterocycles. The highest BCUT2D eigenvalue weighted by Gasteiger charge is 2.22. The Hall–Kier alpha value is -7.42. The van der Waals surface area contributed by atoms with E-state index in [2.05, 4.69) is 217 Å². The van der Waals surface area contributed by atoms with Crippen molar-refractivity contribution in [2.45, 2.75) is 0 Å². The number of rotatable bonds is 6. The Labute approximate surface area is 325 Å². The summed E-state index contributed by atoms with van der Waals surface area (Å²) in [6.45, 7) is 0. The average molecular weight is 714 g/mol. The number of hydrogen-bond donors (Lipinski definition) is 0. The van der Waals surface area contributed by atoms with Gasteiger partial charge in [-0.2, -0.15) is 0 Å². The van der Waals surface area contributed by atoms with Gasteiger partial charge in [0.2, 0.25) is 0 Å². The average Bonchev–Trinajstić information content (AvgIpc) is 3.67. The molecule has 0 amide bonds. The van der Waals surface area contributed by atoms with Gasteiger partial charge in [-0.1, -0.05) is 170 Å².